The zero-order chi connectivity index (χ0) is 17.9. The van der Waals surface area contributed by atoms with Gasteiger partial charge in [-0.25, -0.2) is 0 Å². The number of halogens is 2. The minimum Gasteiger partial charge on any atom is -0.292 e. The zero-order valence-electron chi connectivity index (χ0n) is 13.7. The molecule has 0 amide bonds. The van der Waals surface area contributed by atoms with E-state index in [1.165, 1.54) is 0 Å². The molecule has 0 aliphatic heterocycles. The molecule has 0 N–H and O–H groups in total. The van der Waals surface area contributed by atoms with Crippen molar-refractivity contribution < 1.29 is 4.79 Å². The fourth-order valence-electron chi connectivity index (χ4n) is 2.64. The predicted molar refractivity (Wildman–Crippen MR) is 106 cm³/mol. The molecule has 0 aliphatic rings. The molecule has 25 heavy (non-hydrogen) atoms. The van der Waals surface area contributed by atoms with Gasteiger partial charge in [-0.2, -0.15) is 10.0 Å². The monoisotopic (exact) mass is 389 g/mol. The molecule has 5 heteroatoms. The van der Waals surface area contributed by atoms with Crippen LogP contribution >= 0.6 is 33.2 Å². The molecule has 0 bridgehead atoms. The maximum absolute atomic E-state index is 12.8. The SMILES string of the molecule is CS(CC(=O)c1ccccn1)(c1ccc(Cl)cc1)c1ccc(Cl)cc1. The number of pyridine rings is 1. The summed E-state index contributed by atoms with van der Waals surface area (Å²) >= 11 is 12.1. The third kappa shape index (κ3) is 4.06. The molecule has 3 rings (SSSR count). The zero-order valence-corrected chi connectivity index (χ0v) is 16.0. The minimum absolute atomic E-state index is 0.0306. The van der Waals surface area contributed by atoms with Crippen LogP contribution in [0.3, 0.4) is 0 Å². The summed E-state index contributed by atoms with van der Waals surface area (Å²) in [5, 5.41) is 1.36. The van der Waals surface area contributed by atoms with Gasteiger partial charge in [-0.15, -0.1) is 0 Å². The van der Waals surface area contributed by atoms with Crippen molar-refractivity contribution in [3.8, 4) is 0 Å². The highest BCUT2D eigenvalue weighted by Crippen LogP contribution is 2.59. The minimum atomic E-state index is -1.58. The number of carbonyl (C=O) groups is 1. The summed E-state index contributed by atoms with van der Waals surface area (Å²) in [7, 11) is -1.58. The Labute approximate surface area is 159 Å². The molecule has 3 aromatic rings. The second-order valence-corrected chi connectivity index (χ2v) is 10.1. The van der Waals surface area contributed by atoms with Crippen LogP contribution in [0.5, 0.6) is 0 Å². The Morgan fingerprint density at radius 3 is 1.84 bits per heavy atom. The molecule has 0 atom stereocenters. The van der Waals surface area contributed by atoms with E-state index in [4.69, 9.17) is 23.2 Å². The van der Waals surface area contributed by atoms with E-state index in [0.29, 0.717) is 21.5 Å². The third-order valence-electron chi connectivity index (χ3n) is 4.04. The quantitative estimate of drug-likeness (QED) is 0.491. The summed E-state index contributed by atoms with van der Waals surface area (Å²) in [5.74, 6) is 0.413. The van der Waals surface area contributed by atoms with Crippen LogP contribution in [0.25, 0.3) is 0 Å². The van der Waals surface area contributed by atoms with Gasteiger partial charge in [0.05, 0.1) is 5.75 Å². The van der Waals surface area contributed by atoms with Gasteiger partial charge in [0.15, 0.2) is 5.78 Å². The highest BCUT2D eigenvalue weighted by atomic mass is 35.5. The second kappa shape index (κ2) is 7.61. The predicted octanol–water partition coefficient (Wildman–Crippen LogP) is 6.12. The topological polar surface area (TPSA) is 30.0 Å². The first-order chi connectivity index (χ1) is 12.0. The largest absolute Gasteiger partial charge is 0.292 e. The van der Waals surface area contributed by atoms with Crippen LogP contribution in [0.4, 0.5) is 0 Å². The summed E-state index contributed by atoms with van der Waals surface area (Å²) in [6.07, 6.45) is 3.78. The standard InChI is InChI=1S/C20H17Cl2NOS/c1-25(17-9-5-15(21)6-10-17,18-11-7-16(22)8-12-18)14-20(24)19-4-2-3-13-23-19/h2-13H,14H2,1H3. The number of hydrogen-bond donors (Lipinski definition) is 0. The maximum atomic E-state index is 12.8. The number of carbonyl (C=O) groups excluding carboxylic acids is 1. The molecule has 1 heterocycles. The van der Waals surface area contributed by atoms with Gasteiger partial charge in [0.2, 0.25) is 0 Å². The van der Waals surface area contributed by atoms with E-state index in [0.717, 1.165) is 9.79 Å². The molecule has 0 aliphatic carbocycles. The van der Waals surface area contributed by atoms with E-state index < -0.39 is 10.0 Å². The lowest BCUT2D eigenvalue weighted by Gasteiger charge is -2.36. The number of aromatic nitrogens is 1. The summed E-state index contributed by atoms with van der Waals surface area (Å²) in [5.41, 5.74) is 0.490. The lowest BCUT2D eigenvalue weighted by atomic mass is 10.3. The van der Waals surface area contributed by atoms with Crippen molar-refractivity contribution in [2.75, 3.05) is 12.0 Å². The summed E-state index contributed by atoms with van der Waals surface area (Å²) in [6.45, 7) is 0. The first-order valence-electron chi connectivity index (χ1n) is 7.70. The Kier molecular flexibility index (Phi) is 5.48. The van der Waals surface area contributed by atoms with E-state index in [2.05, 4.69) is 11.2 Å². The molecule has 0 saturated heterocycles. The molecule has 1 aromatic heterocycles. The Bertz CT molecular complexity index is 819. The van der Waals surface area contributed by atoms with Gasteiger partial charge in [0, 0.05) is 16.2 Å². The van der Waals surface area contributed by atoms with Crippen LogP contribution < -0.4 is 0 Å². The summed E-state index contributed by atoms with van der Waals surface area (Å²) < 4.78 is 0. The summed E-state index contributed by atoms with van der Waals surface area (Å²) in [6, 6.07) is 20.8. The number of ketones is 1. The average molecular weight is 390 g/mol. The molecule has 0 spiro atoms. The molecule has 2 nitrogen and oxygen atoms in total. The van der Waals surface area contributed by atoms with E-state index >= 15 is 0 Å². The van der Waals surface area contributed by atoms with Gasteiger partial charge in [-0.1, -0.05) is 29.3 Å². The number of benzene rings is 2. The van der Waals surface area contributed by atoms with Crippen molar-refractivity contribution >= 4 is 39.0 Å². The fourth-order valence-corrected chi connectivity index (χ4v) is 5.64. The number of Topliss-reactive ketones (excluding diaryl/α,β-unsaturated/α-hetero) is 1. The van der Waals surface area contributed by atoms with Crippen molar-refractivity contribution in [1.29, 1.82) is 0 Å². The van der Waals surface area contributed by atoms with Gasteiger partial charge in [0.1, 0.15) is 5.69 Å². The highest BCUT2D eigenvalue weighted by Gasteiger charge is 2.27. The first kappa shape index (κ1) is 18.0. The number of nitrogens with zero attached hydrogens (tertiary/aromatic N) is 1. The second-order valence-electron chi connectivity index (χ2n) is 5.78. The Balaban J connectivity index is 2.04. The molecule has 0 fully saturated rings. The van der Waals surface area contributed by atoms with E-state index in [1.54, 1.807) is 18.3 Å². The Hall–Kier alpha value is -1.81. The lowest BCUT2D eigenvalue weighted by molar-refractivity contribution is 0.101. The van der Waals surface area contributed by atoms with Gasteiger partial charge in [-0.05, 0) is 76.7 Å². The third-order valence-corrected chi connectivity index (χ3v) is 8.01. The molecule has 0 radical (unpaired) electrons. The Morgan fingerprint density at radius 2 is 1.40 bits per heavy atom. The normalized spacial score (nSPS) is 12.0. The average Bonchev–Trinajstić information content (AvgIpc) is 2.63. The van der Waals surface area contributed by atoms with Crippen LogP contribution in [0.15, 0.2) is 82.7 Å². The molecule has 0 unspecified atom stereocenters. The molecular formula is C20H17Cl2NOS. The molecule has 0 saturated carbocycles. The summed E-state index contributed by atoms with van der Waals surface area (Å²) in [4.78, 5) is 19.2. The molecule has 2 aromatic carbocycles. The van der Waals surface area contributed by atoms with Crippen LogP contribution in [0, 0.1) is 0 Å². The first-order valence-corrected chi connectivity index (χ1v) is 10.7. The van der Waals surface area contributed by atoms with Crippen molar-refractivity contribution in [2.24, 2.45) is 0 Å². The number of rotatable bonds is 5. The highest BCUT2D eigenvalue weighted by molar-refractivity contribution is 8.33. The van der Waals surface area contributed by atoms with Crippen LogP contribution in [0.1, 0.15) is 10.5 Å². The van der Waals surface area contributed by atoms with Gasteiger partial charge < -0.3 is 0 Å². The van der Waals surface area contributed by atoms with E-state index in [-0.39, 0.29) is 5.78 Å². The lowest BCUT2D eigenvalue weighted by Crippen LogP contribution is -2.15. The fraction of sp³-hybridized carbons (Fsp3) is 0.100. The maximum Gasteiger partial charge on any atom is 0.190 e. The molecular weight excluding hydrogens is 373 g/mol. The van der Waals surface area contributed by atoms with Gasteiger partial charge in [0.25, 0.3) is 0 Å². The van der Waals surface area contributed by atoms with Crippen LogP contribution in [0.2, 0.25) is 10.0 Å². The van der Waals surface area contributed by atoms with Crippen LogP contribution in [-0.2, 0) is 0 Å². The van der Waals surface area contributed by atoms with E-state index in [9.17, 15) is 4.79 Å². The van der Waals surface area contributed by atoms with Crippen molar-refractivity contribution in [1.82, 2.24) is 4.98 Å². The smallest absolute Gasteiger partial charge is 0.190 e. The molecule has 128 valence electrons. The van der Waals surface area contributed by atoms with Crippen molar-refractivity contribution in [3.05, 3.63) is 88.7 Å². The Morgan fingerprint density at radius 1 is 0.880 bits per heavy atom. The van der Waals surface area contributed by atoms with Crippen molar-refractivity contribution in [3.63, 3.8) is 0 Å². The van der Waals surface area contributed by atoms with Gasteiger partial charge in [-0.3, -0.25) is 9.78 Å². The van der Waals surface area contributed by atoms with Crippen molar-refractivity contribution in [2.45, 2.75) is 9.79 Å². The number of hydrogen-bond acceptors (Lipinski definition) is 2. The van der Waals surface area contributed by atoms with Gasteiger partial charge >= 0.3 is 0 Å². The van der Waals surface area contributed by atoms with E-state index in [1.807, 2.05) is 54.6 Å². The van der Waals surface area contributed by atoms with Crippen LogP contribution in [-0.4, -0.2) is 22.8 Å².